The van der Waals surface area contributed by atoms with Gasteiger partial charge in [-0.15, -0.1) is 0 Å². The van der Waals surface area contributed by atoms with E-state index in [0.717, 1.165) is 12.1 Å². The maximum atomic E-state index is 13.2. The van der Waals surface area contributed by atoms with Crippen LogP contribution in [0.5, 0.6) is 0 Å². The number of carbonyl (C=O) groups is 1. The number of aliphatic hydroxyl groups is 1. The highest BCUT2D eigenvalue weighted by Crippen LogP contribution is 2.19. The predicted molar refractivity (Wildman–Crippen MR) is 57.1 cm³/mol. The van der Waals surface area contributed by atoms with Crippen LogP contribution in [0.2, 0.25) is 0 Å². The summed E-state index contributed by atoms with van der Waals surface area (Å²) in [5.41, 5.74) is -0.240. The van der Waals surface area contributed by atoms with Gasteiger partial charge in [-0.25, -0.2) is 9.18 Å². The second kappa shape index (κ2) is 5.98. The highest BCUT2D eigenvalue weighted by atomic mass is 19.4. The number of aromatic carboxylic acids is 1. The number of carboxylic acids is 1. The highest BCUT2D eigenvalue weighted by molar-refractivity contribution is 5.87. The number of halogens is 4. The Hall–Kier alpha value is -1.67. The van der Waals surface area contributed by atoms with E-state index in [1.165, 1.54) is 6.07 Å². The second-order valence-corrected chi connectivity index (χ2v) is 3.81. The number of rotatable bonds is 5. The van der Waals surface area contributed by atoms with E-state index in [1.807, 2.05) is 0 Å². The molecule has 8 heteroatoms. The molecule has 0 aliphatic rings. The molecule has 0 saturated carbocycles. The standard InChI is InChI=1S/C11H11F4NO3/c12-8-3-6(1-2-7(8)10(18)19)4-16-5-9(17)11(13,14)15/h1-3,9,16-17H,4-5H2,(H,18,19). The molecule has 0 bridgehead atoms. The second-order valence-electron chi connectivity index (χ2n) is 3.81. The van der Waals surface area contributed by atoms with Gasteiger partial charge in [-0.2, -0.15) is 13.2 Å². The van der Waals surface area contributed by atoms with Crippen LogP contribution in [0, 0.1) is 5.82 Å². The summed E-state index contributed by atoms with van der Waals surface area (Å²) in [5, 5.41) is 19.6. The molecule has 4 nitrogen and oxygen atoms in total. The summed E-state index contributed by atoms with van der Waals surface area (Å²) in [6.07, 6.45) is -7.22. The van der Waals surface area contributed by atoms with Crippen LogP contribution in [0.4, 0.5) is 17.6 Å². The van der Waals surface area contributed by atoms with E-state index >= 15 is 0 Å². The molecule has 106 valence electrons. The Kier molecular flexibility index (Phi) is 4.84. The first kappa shape index (κ1) is 15.4. The average Bonchev–Trinajstić information content (AvgIpc) is 2.27. The zero-order chi connectivity index (χ0) is 14.6. The molecule has 3 N–H and O–H groups in total. The van der Waals surface area contributed by atoms with E-state index in [2.05, 4.69) is 5.32 Å². The minimum Gasteiger partial charge on any atom is -0.478 e. The third-order valence-electron chi connectivity index (χ3n) is 2.31. The Morgan fingerprint density at radius 1 is 1.37 bits per heavy atom. The number of hydrogen-bond acceptors (Lipinski definition) is 3. The maximum Gasteiger partial charge on any atom is 0.415 e. The fourth-order valence-electron chi connectivity index (χ4n) is 1.31. The molecule has 1 aromatic carbocycles. The molecule has 0 saturated heterocycles. The average molecular weight is 281 g/mol. The van der Waals surface area contributed by atoms with Crippen molar-refractivity contribution in [2.24, 2.45) is 0 Å². The van der Waals surface area contributed by atoms with Crippen LogP contribution in [0.15, 0.2) is 18.2 Å². The lowest BCUT2D eigenvalue weighted by Crippen LogP contribution is -2.38. The van der Waals surface area contributed by atoms with E-state index in [0.29, 0.717) is 0 Å². The molecule has 0 fully saturated rings. The van der Waals surface area contributed by atoms with Crippen LogP contribution in [0.25, 0.3) is 0 Å². The molecule has 0 radical (unpaired) electrons. The van der Waals surface area contributed by atoms with E-state index in [-0.39, 0.29) is 12.1 Å². The molecule has 0 aromatic heterocycles. The first-order valence-corrected chi connectivity index (χ1v) is 5.19. The lowest BCUT2D eigenvalue weighted by Gasteiger charge is -2.15. The zero-order valence-corrected chi connectivity index (χ0v) is 9.54. The summed E-state index contributed by atoms with van der Waals surface area (Å²) in [7, 11) is 0. The first-order chi connectivity index (χ1) is 8.71. The SMILES string of the molecule is O=C(O)c1ccc(CNCC(O)C(F)(F)F)cc1F. The number of aliphatic hydroxyl groups excluding tert-OH is 1. The van der Waals surface area contributed by atoms with Crippen molar-refractivity contribution in [3.63, 3.8) is 0 Å². The van der Waals surface area contributed by atoms with Gasteiger partial charge in [0.1, 0.15) is 5.82 Å². The summed E-state index contributed by atoms with van der Waals surface area (Å²) in [6.45, 7) is -0.851. The van der Waals surface area contributed by atoms with Crippen molar-refractivity contribution in [2.75, 3.05) is 6.54 Å². The van der Waals surface area contributed by atoms with Gasteiger partial charge in [0.05, 0.1) is 5.56 Å². The molecule has 1 rings (SSSR count). The molecule has 1 aromatic rings. The first-order valence-electron chi connectivity index (χ1n) is 5.19. The van der Waals surface area contributed by atoms with Crippen molar-refractivity contribution in [2.45, 2.75) is 18.8 Å². The van der Waals surface area contributed by atoms with Gasteiger partial charge >= 0.3 is 12.1 Å². The smallest absolute Gasteiger partial charge is 0.415 e. The number of hydrogen-bond donors (Lipinski definition) is 3. The van der Waals surface area contributed by atoms with Crippen molar-refractivity contribution in [3.8, 4) is 0 Å². The molecule has 0 aliphatic heterocycles. The Balaban J connectivity index is 2.56. The van der Waals surface area contributed by atoms with E-state index in [4.69, 9.17) is 10.2 Å². The van der Waals surface area contributed by atoms with Crippen LogP contribution in [-0.4, -0.2) is 35.0 Å². The Morgan fingerprint density at radius 3 is 2.47 bits per heavy atom. The van der Waals surface area contributed by atoms with Crippen LogP contribution in [0.3, 0.4) is 0 Å². The van der Waals surface area contributed by atoms with Gasteiger partial charge in [0.15, 0.2) is 6.10 Å². The topological polar surface area (TPSA) is 69.6 Å². The number of nitrogens with one attached hydrogen (secondary N) is 1. The third kappa shape index (κ3) is 4.49. The highest BCUT2D eigenvalue weighted by Gasteiger charge is 2.37. The van der Waals surface area contributed by atoms with Crippen molar-refractivity contribution in [1.82, 2.24) is 5.32 Å². The third-order valence-corrected chi connectivity index (χ3v) is 2.31. The summed E-state index contributed by atoms with van der Waals surface area (Å²) in [6, 6.07) is 3.21. The van der Waals surface area contributed by atoms with Gasteiger partial charge in [-0.1, -0.05) is 6.07 Å². The molecule has 19 heavy (non-hydrogen) atoms. The van der Waals surface area contributed by atoms with Gasteiger partial charge in [0.2, 0.25) is 0 Å². The lowest BCUT2D eigenvalue weighted by molar-refractivity contribution is -0.201. The molecule has 0 heterocycles. The van der Waals surface area contributed by atoms with Crippen molar-refractivity contribution >= 4 is 5.97 Å². The quantitative estimate of drug-likeness (QED) is 0.716. The summed E-state index contributed by atoms with van der Waals surface area (Å²) in [5.74, 6) is -2.40. The molecular formula is C11H11F4NO3. The Morgan fingerprint density at radius 2 is 2.00 bits per heavy atom. The molecule has 1 unspecified atom stereocenters. The number of alkyl halides is 3. The largest absolute Gasteiger partial charge is 0.478 e. The van der Waals surface area contributed by atoms with Crippen LogP contribution < -0.4 is 5.32 Å². The molecule has 1 atom stereocenters. The zero-order valence-electron chi connectivity index (χ0n) is 9.54. The summed E-state index contributed by atoms with van der Waals surface area (Å²) >= 11 is 0. The van der Waals surface area contributed by atoms with Gasteiger partial charge in [-0.05, 0) is 17.7 Å². The number of benzene rings is 1. The number of carboxylic acid groups (broad SMARTS) is 1. The van der Waals surface area contributed by atoms with E-state index in [1.54, 1.807) is 0 Å². The minimum atomic E-state index is -4.72. The molecule has 0 spiro atoms. The monoisotopic (exact) mass is 281 g/mol. The Bertz CT molecular complexity index is 462. The minimum absolute atomic E-state index is 0.121. The van der Waals surface area contributed by atoms with Crippen molar-refractivity contribution < 1.29 is 32.6 Å². The van der Waals surface area contributed by atoms with Crippen LogP contribution >= 0.6 is 0 Å². The van der Waals surface area contributed by atoms with Crippen LogP contribution in [0.1, 0.15) is 15.9 Å². The normalized spacial score (nSPS) is 13.3. The lowest BCUT2D eigenvalue weighted by atomic mass is 10.1. The van der Waals surface area contributed by atoms with Gasteiger partial charge in [-0.3, -0.25) is 0 Å². The van der Waals surface area contributed by atoms with Crippen LogP contribution in [-0.2, 0) is 6.54 Å². The van der Waals surface area contributed by atoms with Gasteiger partial charge < -0.3 is 15.5 Å². The maximum absolute atomic E-state index is 13.2. The fraction of sp³-hybridized carbons (Fsp3) is 0.364. The Labute approximate surface area is 105 Å². The summed E-state index contributed by atoms with van der Waals surface area (Å²) < 4.78 is 49.1. The van der Waals surface area contributed by atoms with E-state index < -0.39 is 36.2 Å². The molecule has 0 amide bonds. The summed E-state index contributed by atoms with van der Waals surface area (Å²) in [4.78, 5) is 10.5. The predicted octanol–water partition coefficient (Wildman–Crippen LogP) is 1.54. The fourth-order valence-corrected chi connectivity index (χ4v) is 1.31. The molecular weight excluding hydrogens is 270 g/mol. The molecule has 0 aliphatic carbocycles. The van der Waals surface area contributed by atoms with Crippen molar-refractivity contribution in [3.05, 3.63) is 35.1 Å². The van der Waals surface area contributed by atoms with Crippen molar-refractivity contribution in [1.29, 1.82) is 0 Å². The van der Waals surface area contributed by atoms with Gasteiger partial charge in [0.25, 0.3) is 0 Å². The van der Waals surface area contributed by atoms with E-state index in [9.17, 15) is 22.4 Å². The van der Waals surface area contributed by atoms with Gasteiger partial charge in [0, 0.05) is 13.1 Å².